The molecule has 96 valence electrons. The fourth-order valence-corrected chi connectivity index (χ4v) is 1.80. The van der Waals surface area contributed by atoms with Gasteiger partial charge in [0.05, 0.1) is 17.9 Å². The Kier molecular flexibility index (Phi) is 3.66. The first-order valence-electron chi connectivity index (χ1n) is 5.92. The second-order valence-electron chi connectivity index (χ2n) is 4.12. The molecule has 0 spiro atoms. The molecule has 2 heterocycles. The summed E-state index contributed by atoms with van der Waals surface area (Å²) in [7, 11) is 0. The van der Waals surface area contributed by atoms with E-state index in [0.29, 0.717) is 17.9 Å². The van der Waals surface area contributed by atoms with Crippen molar-refractivity contribution in [1.82, 2.24) is 20.1 Å². The molecule has 0 saturated carbocycles. The lowest BCUT2D eigenvalue weighted by molar-refractivity contribution is 0.0941. The Morgan fingerprint density at radius 2 is 2.44 bits per heavy atom. The fourth-order valence-electron chi connectivity index (χ4n) is 1.80. The monoisotopic (exact) mass is 247 g/mol. The average molecular weight is 247 g/mol. The third-order valence-corrected chi connectivity index (χ3v) is 2.61. The third-order valence-electron chi connectivity index (χ3n) is 2.61. The zero-order chi connectivity index (χ0) is 13.0. The maximum atomic E-state index is 12.0. The molecule has 0 unspecified atom stereocenters. The number of carbonyl (C=O) groups is 1. The highest BCUT2D eigenvalue weighted by atomic mass is 16.1. The maximum absolute atomic E-state index is 12.0. The summed E-state index contributed by atoms with van der Waals surface area (Å²) in [4.78, 5) is 12.0. The van der Waals surface area contributed by atoms with Gasteiger partial charge in [-0.2, -0.15) is 5.10 Å². The Bertz CT molecular complexity index is 515. The minimum Gasteiger partial charge on any atom is -0.397 e. The van der Waals surface area contributed by atoms with Gasteiger partial charge < -0.3 is 15.6 Å². The number of H-pyrrole nitrogens is 1. The van der Waals surface area contributed by atoms with Crippen molar-refractivity contribution in [3.63, 3.8) is 0 Å². The van der Waals surface area contributed by atoms with Gasteiger partial charge in [0.1, 0.15) is 5.69 Å². The van der Waals surface area contributed by atoms with Crippen LogP contribution in [-0.2, 0) is 13.1 Å². The molecule has 18 heavy (non-hydrogen) atoms. The molecule has 0 aliphatic carbocycles. The number of nitrogens with two attached hydrogens (primary N) is 1. The van der Waals surface area contributed by atoms with E-state index in [4.69, 9.17) is 5.73 Å². The van der Waals surface area contributed by atoms with E-state index in [-0.39, 0.29) is 5.91 Å². The number of carbonyl (C=O) groups excluding carboxylic acids is 1. The van der Waals surface area contributed by atoms with Gasteiger partial charge in [-0.25, -0.2) is 0 Å². The lowest BCUT2D eigenvalue weighted by atomic mass is 10.3. The van der Waals surface area contributed by atoms with E-state index >= 15 is 0 Å². The van der Waals surface area contributed by atoms with Crippen molar-refractivity contribution in [3.05, 3.63) is 35.9 Å². The molecule has 0 radical (unpaired) electrons. The van der Waals surface area contributed by atoms with Crippen molar-refractivity contribution in [3.8, 4) is 0 Å². The number of aromatic amines is 1. The molecule has 0 saturated heterocycles. The van der Waals surface area contributed by atoms with Crippen LogP contribution in [0, 0.1) is 0 Å². The van der Waals surface area contributed by atoms with E-state index in [1.165, 1.54) is 0 Å². The van der Waals surface area contributed by atoms with Gasteiger partial charge in [-0.05, 0) is 18.6 Å². The number of hydrogen-bond acceptors (Lipinski definition) is 3. The van der Waals surface area contributed by atoms with Gasteiger partial charge in [-0.1, -0.05) is 6.92 Å². The number of rotatable bonds is 5. The van der Waals surface area contributed by atoms with Crippen molar-refractivity contribution < 1.29 is 4.79 Å². The summed E-state index contributed by atoms with van der Waals surface area (Å²) in [5, 5.41) is 9.44. The summed E-state index contributed by atoms with van der Waals surface area (Å²) in [6.45, 7) is 3.27. The Hall–Kier alpha value is -2.24. The summed E-state index contributed by atoms with van der Waals surface area (Å²) >= 11 is 0. The SMILES string of the molecule is CCCn1cc(N)cc1C(=O)NCc1ccn[nH]1. The quantitative estimate of drug-likeness (QED) is 0.740. The van der Waals surface area contributed by atoms with Crippen LogP contribution < -0.4 is 11.1 Å². The van der Waals surface area contributed by atoms with E-state index in [9.17, 15) is 4.79 Å². The van der Waals surface area contributed by atoms with Crippen molar-refractivity contribution in [1.29, 1.82) is 0 Å². The van der Waals surface area contributed by atoms with Crippen LogP contribution in [0.4, 0.5) is 5.69 Å². The molecule has 0 aliphatic rings. The molecule has 0 bridgehead atoms. The molecular formula is C12H17N5O. The first-order valence-corrected chi connectivity index (χ1v) is 5.92. The Balaban J connectivity index is 2.03. The Labute approximate surface area is 105 Å². The summed E-state index contributed by atoms with van der Waals surface area (Å²) < 4.78 is 1.87. The van der Waals surface area contributed by atoms with Crippen LogP contribution in [0.25, 0.3) is 0 Å². The molecule has 0 aliphatic heterocycles. The zero-order valence-corrected chi connectivity index (χ0v) is 10.3. The summed E-state index contributed by atoms with van der Waals surface area (Å²) in [6.07, 6.45) is 4.39. The smallest absolute Gasteiger partial charge is 0.268 e. The predicted molar refractivity (Wildman–Crippen MR) is 68.9 cm³/mol. The fraction of sp³-hybridized carbons (Fsp3) is 0.333. The number of nitrogens with zero attached hydrogens (tertiary/aromatic N) is 2. The van der Waals surface area contributed by atoms with Gasteiger partial charge in [0.25, 0.3) is 5.91 Å². The summed E-state index contributed by atoms with van der Waals surface area (Å²) in [6, 6.07) is 3.51. The summed E-state index contributed by atoms with van der Waals surface area (Å²) in [5.74, 6) is -0.130. The van der Waals surface area contributed by atoms with Gasteiger partial charge in [0.15, 0.2) is 0 Å². The van der Waals surface area contributed by atoms with Crippen LogP contribution in [0.5, 0.6) is 0 Å². The van der Waals surface area contributed by atoms with Crippen molar-refractivity contribution in [2.45, 2.75) is 26.4 Å². The first kappa shape index (κ1) is 12.2. The van der Waals surface area contributed by atoms with E-state index in [1.54, 1.807) is 18.5 Å². The zero-order valence-electron chi connectivity index (χ0n) is 10.3. The second-order valence-corrected chi connectivity index (χ2v) is 4.12. The maximum Gasteiger partial charge on any atom is 0.268 e. The molecule has 0 fully saturated rings. The molecule has 0 aromatic carbocycles. The third kappa shape index (κ3) is 2.71. The van der Waals surface area contributed by atoms with Gasteiger partial charge in [0, 0.05) is 18.9 Å². The van der Waals surface area contributed by atoms with Crippen LogP contribution in [0.15, 0.2) is 24.5 Å². The van der Waals surface area contributed by atoms with E-state index in [2.05, 4.69) is 22.4 Å². The molecular weight excluding hydrogens is 230 g/mol. The van der Waals surface area contributed by atoms with Crippen molar-refractivity contribution in [2.75, 3.05) is 5.73 Å². The lowest BCUT2D eigenvalue weighted by Crippen LogP contribution is -2.25. The second kappa shape index (κ2) is 5.39. The van der Waals surface area contributed by atoms with Crippen molar-refractivity contribution >= 4 is 11.6 Å². The van der Waals surface area contributed by atoms with Crippen LogP contribution in [0.2, 0.25) is 0 Å². The van der Waals surface area contributed by atoms with Crippen LogP contribution >= 0.6 is 0 Å². The molecule has 6 nitrogen and oxygen atoms in total. The standard InChI is InChI=1S/C12H17N5O/c1-2-5-17-8-9(13)6-11(17)12(18)14-7-10-3-4-15-16-10/h3-4,6,8H,2,5,7,13H2,1H3,(H,14,18)(H,15,16). The number of amides is 1. The Morgan fingerprint density at radius 3 is 3.11 bits per heavy atom. The highest BCUT2D eigenvalue weighted by molar-refractivity contribution is 5.93. The average Bonchev–Trinajstić information content (AvgIpc) is 2.96. The van der Waals surface area contributed by atoms with Gasteiger partial charge >= 0.3 is 0 Å². The highest BCUT2D eigenvalue weighted by Gasteiger charge is 2.12. The number of nitrogens with one attached hydrogen (secondary N) is 2. The molecule has 6 heteroatoms. The highest BCUT2D eigenvalue weighted by Crippen LogP contribution is 2.11. The molecule has 2 aromatic rings. The summed E-state index contributed by atoms with van der Waals surface area (Å²) in [5.41, 5.74) is 7.79. The normalized spacial score (nSPS) is 10.5. The van der Waals surface area contributed by atoms with Gasteiger partial charge in [-0.3, -0.25) is 9.89 Å². The molecule has 0 atom stereocenters. The largest absolute Gasteiger partial charge is 0.397 e. The molecule has 1 amide bonds. The van der Waals surface area contributed by atoms with Crippen molar-refractivity contribution in [2.24, 2.45) is 0 Å². The molecule has 4 N–H and O–H groups in total. The van der Waals surface area contributed by atoms with Crippen LogP contribution in [0.1, 0.15) is 29.5 Å². The number of nitrogen functional groups attached to an aromatic ring is 1. The predicted octanol–water partition coefficient (Wildman–Crippen LogP) is 1.13. The number of anilines is 1. The minimum absolute atomic E-state index is 0.130. The van der Waals surface area contributed by atoms with Gasteiger partial charge in [0.2, 0.25) is 0 Å². The minimum atomic E-state index is -0.130. The lowest BCUT2D eigenvalue weighted by Gasteiger charge is -2.07. The topological polar surface area (TPSA) is 88.7 Å². The van der Waals surface area contributed by atoms with E-state index in [0.717, 1.165) is 18.7 Å². The number of aromatic nitrogens is 3. The van der Waals surface area contributed by atoms with E-state index in [1.807, 2.05) is 10.6 Å². The van der Waals surface area contributed by atoms with E-state index < -0.39 is 0 Å². The number of aryl methyl sites for hydroxylation is 1. The number of hydrogen-bond donors (Lipinski definition) is 3. The Morgan fingerprint density at radius 1 is 1.61 bits per heavy atom. The van der Waals surface area contributed by atoms with Gasteiger partial charge in [-0.15, -0.1) is 0 Å². The molecule has 2 aromatic heterocycles. The van der Waals surface area contributed by atoms with Crippen LogP contribution in [-0.4, -0.2) is 20.7 Å². The first-order chi connectivity index (χ1) is 8.70. The molecule has 2 rings (SSSR count). The van der Waals surface area contributed by atoms with Crippen LogP contribution in [0.3, 0.4) is 0 Å².